The maximum atomic E-state index is 2.48. The third-order valence-corrected chi connectivity index (χ3v) is 8.69. The summed E-state index contributed by atoms with van der Waals surface area (Å²) in [7, 11) is 6.51. The van der Waals surface area contributed by atoms with Gasteiger partial charge in [-0.3, -0.25) is 0 Å². The molecular formula is C32H33IN4S. The third-order valence-electron chi connectivity index (χ3n) is 7.53. The fraction of sp³-hybridized carbons (Fsp3) is 0.219. The molecule has 0 aliphatic carbocycles. The Kier molecular flexibility index (Phi) is 8.12. The molecule has 3 heterocycles. The molecule has 6 heteroatoms. The molecule has 6 rings (SSSR count). The summed E-state index contributed by atoms with van der Waals surface area (Å²) in [6, 6.07) is 28.6. The van der Waals surface area contributed by atoms with Crippen molar-refractivity contribution < 1.29 is 28.5 Å². The summed E-state index contributed by atoms with van der Waals surface area (Å²) in [5, 5.41) is 2.50. The van der Waals surface area contributed by atoms with Gasteiger partial charge >= 0.3 is 0 Å². The second-order valence-corrected chi connectivity index (χ2v) is 11.0. The lowest BCUT2D eigenvalue weighted by atomic mass is 10.0. The number of para-hydroxylation sites is 2. The summed E-state index contributed by atoms with van der Waals surface area (Å²) in [5.41, 5.74) is 7.44. The van der Waals surface area contributed by atoms with Gasteiger partial charge in [-0.25, -0.2) is 0 Å². The number of aromatic nitrogens is 1. The van der Waals surface area contributed by atoms with Crippen LogP contribution in [0.4, 0.5) is 11.4 Å². The maximum absolute atomic E-state index is 2.48. The van der Waals surface area contributed by atoms with Crippen molar-refractivity contribution in [3.05, 3.63) is 101 Å². The number of piperazine rings is 1. The van der Waals surface area contributed by atoms with Crippen LogP contribution in [0.25, 0.3) is 29.1 Å². The molecule has 1 fully saturated rings. The Morgan fingerprint density at radius 2 is 1.53 bits per heavy atom. The largest absolute Gasteiger partial charge is 1.00 e. The number of hydrogen-bond acceptors (Lipinski definition) is 4. The van der Waals surface area contributed by atoms with Crippen LogP contribution in [0.2, 0.25) is 0 Å². The fourth-order valence-electron chi connectivity index (χ4n) is 5.18. The number of benzene rings is 3. The van der Waals surface area contributed by atoms with Gasteiger partial charge in [-0.2, -0.15) is 4.57 Å². The second-order valence-electron chi connectivity index (χ2n) is 9.93. The highest BCUT2D eigenvalue weighted by atomic mass is 127. The number of likely N-dealkylation sites (N-methyl/N-ethyl adjacent to an activating group) is 1. The van der Waals surface area contributed by atoms with E-state index in [1.165, 1.54) is 49.0 Å². The molecule has 2 aliphatic rings. The molecule has 0 amide bonds. The summed E-state index contributed by atoms with van der Waals surface area (Å²) in [4.78, 5) is 8.46. The maximum Gasteiger partial charge on any atom is 0.213 e. The normalized spacial score (nSPS) is 16.9. The van der Waals surface area contributed by atoms with E-state index in [-0.39, 0.29) is 24.0 Å². The van der Waals surface area contributed by atoms with Gasteiger partial charge < -0.3 is 38.7 Å². The number of nitrogens with zero attached hydrogens (tertiary/aromatic N) is 4. The van der Waals surface area contributed by atoms with Crippen LogP contribution in [0.5, 0.6) is 0 Å². The summed E-state index contributed by atoms with van der Waals surface area (Å²) < 4.78 is 2.29. The summed E-state index contributed by atoms with van der Waals surface area (Å²) in [6.07, 6.45) is 6.80. The highest BCUT2D eigenvalue weighted by Gasteiger charge is 2.23. The minimum absolute atomic E-state index is 0. The zero-order valence-electron chi connectivity index (χ0n) is 22.1. The number of aryl methyl sites for hydroxylation is 1. The van der Waals surface area contributed by atoms with Crippen molar-refractivity contribution in [2.75, 3.05) is 50.1 Å². The van der Waals surface area contributed by atoms with Crippen molar-refractivity contribution in [1.82, 2.24) is 4.90 Å². The predicted octanol–water partition coefficient (Wildman–Crippen LogP) is 3.13. The van der Waals surface area contributed by atoms with E-state index in [9.17, 15) is 0 Å². The Balaban J connectivity index is 0.00000294. The monoisotopic (exact) mass is 632 g/mol. The third kappa shape index (κ3) is 5.35. The number of rotatable bonds is 4. The number of halogens is 1. The molecule has 0 N–H and O–H groups in total. The average Bonchev–Trinajstić information content (AvgIpc) is 3.25. The fourth-order valence-corrected chi connectivity index (χ4v) is 6.28. The summed E-state index contributed by atoms with van der Waals surface area (Å²) in [6.45, 7) is 4.43. The van der Waals surface area contributed by atoms with Gasteiger partial charge in [0.05, 0.1) is 16.1 Å². The van der Waals surface area contributed by atoms with E-state index in [1.54, 1.807) is 0 Å². The first-order valence-corrected chi connectivity index (χ1v) is 13.7. The molecule has 4 nitrogen and oxygen atoms in total. The first-order valence-electron chi connectivity index (χ1n) is 12.9. The van der Waals surface area contributed by atoms with Crippen molar-refractivity contribution in [1.29, 1.82) is 0 Å². The first-order chi connectivity index (χ1) is 18.1. The van der Waals surface area contributed by atoms with E-state index in [4.69, 9.17) is 0 Å². The minimum Gasteiger partial charge on any atom is -1.00 e. The minimum atomic E-state index is 0. The molecule has 0 spiro atoms. The Morgan fingerprint density at radius 1 is 0.816 bits per heavy atom. The summed E-state index contributed by atoms with van der Waals surface area (Å²) >= 11 is 1.83. The van der Waals surface area contributed by atoms with Crippen LogP contribution in [0.15, 0.2) is 88.8 Å². The highest BCUT2D eigenvalue weighted by Crippen LogP contribution is 2.45. The van der Waals surface area contributed by atoms with Crippen LogP contribution in [-0.2, 0) is 7.05 Å². The molecule has 38 heavy (non-hydrogen) atoms. The molecule has 0 atom stereocenters. The molecule has 0 radical (unpaired) electrons. The van der Waals surface area contributed by atoms with E-state index in [0.717, 1.165) is 26.2 Å². The van der Waals surface area contributed by atoms with Gasteiger partial charge in [-0.05, 0) is 48.5 Å². The molecule has 1 saturated heterocycles. The van der Waals surface area contributed by atoms with Gasteiger partial charge in [0.2, 0.25) is 11.2 Å². The van der Waals surface area contributed by atoms with Gasteiger partial charge in [0.1, 0.15) is 7.05 Å². The molecule has 4 aromatic rings. The standard InChI is InChI=1S/C32H33N4S.HI/c1-33-18-20-36(21-19-33)26-16-13-24(14-17-26)12-15-25-22-27(34(2)29-9-5-4-8-28(25)29)23-32-35(3)30-10-6-7-11-31(30)37-32;/h4-17,22-23H,18-21H2,1-3H3;1H/q+1;/p-1. The van der Waals surface area contributed by atoms with Crippen molar-refractivity contribution in [3.8, 4) is 0 Å². The van der Waals surface area contributed by atoms with E-state index in [2.05, 4.69) is 138 Å². The quantitative estimate of drug-likeness (QED) is 0.254. The molecule has 194 valence electrons. The molecule has 3 aromatic carbocycles. The van der Waals surface area contributed by atoms with Crippen LogP contribution in [0, 0.1) is 0 Å². The Morgan fingerprint density at radius 3 is 2.29 bits per heavy atom. The van der Waals surface area contributed by atoms with Gasteiger partial charge in [-0.1, -0.05) is 60.3 Å². The molecule has 2 aliphatic heterocycles. The van der Waals surface area contributed by atoms with Crippen molar-refractivity contribution in [2.45, 2.75) is 4.90 Å². The van der Waals surface area contributed by atoms with E-state index in [1.807, 2.05) is 11.8 Å². The first kappa shape index (κ1) is 26.8. The Hall–Kier alpha value is -2.81. The topological polar surface area (TPSA) is 13.6 Å². The number of hydrogen-bond donors (Lipinski definition) is 0. The zero-order chi connectivity index (χ0) is 25.4. The number of thioether (sulfide) groups is 1. The molecule has 0 bridgehead atoms. The van der Waals surface area contributed by atoms with Crippen molar-refractivity contribution in [3.63, 3.8) is 0 Å². The molecule has 0 saturated carbocycles. The van der Waals surface area contributed by atoms with E-state index < -0.39 is 0 Å². The van der Waals surface area contributed by atoms with Gasteiger partial charge in [0.15, 0.2) is 0 Å². The van der Waals surface area contributed by atoms with Crippen LogP contribution in [0.1, 0.15) is 16.8 Å². The number of pyridine rings is 1. The Labute approximate surface area is 247 Å². The lowest BCUT2D eigenvalue weighted by Gasteiger charge is -2.34. The van der Waals surface area contributed by atoms with Crippen LogP contribution in [0.3, 0.4) is 0 Å². The van der Waals surface area contributed by atoms with Gasteiger partial charge in [-0.15, -0.1) is 0 Å². The van der Waals surface area contributed by atoms with Crippen LogP contribution < -0.4 is 38.3 Å². The van der Waals surface area contributed by atoms with Crippen molar-refractivity contribution in [2.24, 2.45) is 7.05 Å². The second kappa shape index (κ2) is 11.5. The van der Waals surface area contributed by atoms with Crippen LogP contribution in [-0.4, -0.2) is 45.2 Å². The summed E-state index contributed by atoms with van der Waals surface area (Å²) in [5.74, 6) is 0. The Bertz CT molecular complexity index is 1500. The smallest absolute Gasteiger partial charge is 0.213 e. The van der Waals surface area contributed by atoms with Crippen molar-refractivity contribution >= 4 is 52.3 Å². The molecule has 1 aromatic heterocycles. The lowest BCUT2D eigenvalue weighted by molar-refractivity contribution is -0.646. The predicted molar refractivity (Wildman–Crippen MR) is 159 cm³/mol. The lowest BCUT2D eigenvalue weighted by Crippen LogP contribution is -3.00. The van der Waals surface area contributed by atoms with Gasteiger partial charge in [0, 0.05) is 62.0 Å². The highest BCUT2D eigenvalue weighted by molar-refractivity contribution is 8.03. The van der Waals surface area contributed by atoms with Gasteiger partial charge in [0.25, 0.3) is 0 Å². The van der Waals surface area contributed by atoms with Crippen LogP contribution >= 0.6 is 11.8 Å². The molecular weight excluding hydrogens is 599 g/mol. The van der Waals surface area contributed by atoms with E-state index in [0.29, 0.717) is 0 Å². The number of anilines is 2. The molecule has 0 unspecified atom stereocenters. The SMILES string of the molecule is CN1CCN(c2ccc(/C=C/c3cc(/C=C4\Sc5ccccc5N4C)[n+](C)c4ccccc34)cc2)CC1.[I-]. The zero-order valence-corrected chi connectivity index (χ0v) is 25.1. The number of fused-ring (bicyclic) bond motifs is 2. The average molecular weight is 633 g/mol. The van der Waals surface area contributed by atoms with E-state index >= 15 is 0 Å².